The first-order valence-corrected chi connectivity index (χ1v) is 12.1. The molecular weight excluding hydrogens is 440 g/mol. The van der Waals surface area contributed by atoms with Crippen molar-refractivity contribution in [1.82, 2.24) is 9.55 Å². The second kappa shape index (κ2) is 11.6. The minimum absolute atomic E-state index is 0.0163. The molecule has 4 rings (SSSR count). The molecule has 0 unspecified atom stereocenters. The van der Waals surface area contributed by atoms with E-state index in [9.17, 15) is 4.79 Å². The third-order valence-electron chi connectivity index (χ3n) is 5.71. The summed E-state index contributed by atoms with van der Waals surface area (Å²) in [5.41, 5.74) is 1.58. The molecule has 0 amide bonds. The molecule has 0 aliphatic heterocycles. The van der Waals surface area contributed by atoms with Crippen molar-refractivity contribution in [2.45, 2.75) is 45.8 Å². The molecule has 0 aliphatic rings. The molecule has 3 aromatic carbocycles. The number of aromatic nitrogens is 2. The van der Waals surface area contributed by atoms with Crippen LogP contribution in [0.2, 0.25) is 0 Å². The molecule has 0 saturated carbocycles. The Kier molecular flexibility index (Phi) is 8.03. The summed E-state index contributed by atoms with van der Waals surface area (Å²) in [6, 6.07) is 22.9. The predicted molar refractivity (Wildman–Crippen MR) is 140 cm³/mol. The monoisotopic (exact) mass is 472 g/mol. The normalized spacial score (nSPS) is 11.1. The summed E-state index contributed by atoms with van der Waals surface area (Å²) >= 11 is 0. The van der Waals surface area contributed by atoms with Gasteiger partial charge in [0.05, 0.1) is 30.7 Å². The first kappa shape index (κ1) is 24.3. The van der Waals surface area contributed by atoms with Gasteiger partial charge in [-0.25, -0.2) is 4.98 Å². The number of nitrogens with zero attached hydrogens (tertiary/aromatic N) is 2. The van der Waals surface area contributed by atoms with E-state index in [0.717, 1.165) is 42.1 Å². The average Bonchev–Trinajstić information content (AvgIpc) is 2.87. The van der Waals surface area contributed by atoms with Crippen LogP contribution in [0.25, 0.3) is 22.3 Å². The highest BCUT2D eigenvalue weighted by atomic mass is 16.5. The van der Waals surface area contributed by atoms with Gasteiger partial charge in [0.2, 0.25) is 0 Å². The zero-order valence-corrected chi connectivity index (χ0v) is 20.6. The fourth-order valence-corrected chi connectivity index (χ4v) is 3.99. The second-order valence-corrected chi connectivity index (χ2v) is 8.66. The smallest absolute Gasteiger partial charge is 0.261 e. The van der Waals surface area contributed by atoms with Crippen LogP contribution in [0.3, 0.4) is 0 Å². The van der Waals surface area contributed by atoms with Crippen LogP contribution in [0.5, 0.6) is 17.2 Å². The summed E-state index contributed by atoms with van der Waals surface area (Å²) in [5.74, 6) is 2.97. The lowest BCUT2D eigenvalue weighted by atomic mass is 10.1. The first-order valence-electron chi connectivity index (χ1n) is 12.1. The molecule has 6 nitrogen and oxygen atoms in total. The Bertz CT molecular complexity index is 1310. The highest BCUT2D eigenvalue weighted by Crippen LogP contribution is 2.28. The van der Waals surface area contributed by atoms with Gasteiger partial charge in [0.15, 0.2) is 11.5 Å². The molecule has 1 heterocycles. The van der Waals surface area contributed by atoms with Gasteiger partial charge in [-0.05, 0) is 81.6 Å². The third-order valence-corrected chi connectivity index (χ3v) is 5.71. The van der Waals surface area contributed by atoms with Crippen molar-refractivity contribution in [3.05, 3.63) is 83.2 Å². The van der Waals surface area contributed by atoms with E-state index in [4.69, 9.17) is 19.2 Å². The summed E-state index contributed by atoms with van der Waals surface area (Å²) in [6.07, 6.45) is 2.74. The number of methoxy groups -OCH3 is 1. The molecule has 1 aromatic heterocycles. The number of hydrogen-bond donors (Lipinski definition) is 0. The largest absolute Gasteiger partial charge is 0.497 e. The predicted octanol–water partition coefficient (Wildman–Crippen LogP) is 6.11. The maximum atomic E-state index is 13.3. The van der Waals surface area contributed by atoms with Gasteiger partial charge < -0.3 is 14.2 Å². The van der Waals surface area contributed by atoms with E-state index in [1.807, 2.05) is 86.6 Å². The molecular formula is C29H32N2O4. The third kappa shape index (κ3) is 6.01. The molecule has 0 fully saturated rings. The van der Waals surface area contributed by atoms with Crippen molar-refractivity contribution >= 4 is 10.9 Å². The molecule has 0 N–H and O–H groups in total. The fourth-order valence-electron chi connectivity index (χ4n) is 3.99. The van der Waals surface area contributed by atoms with Crippen LogP contribution in [0.4, 0.5) is 0 Å². The summed E-state index contributed by atoms with van der Waals surface area (Å²) in [4.78, 5) is 18.2. The number of hydrogen-bond acceptors (Lipinski definition) is 5. The van der Waals surface area contributed by atoms with Gasteiger partial charge in [-0.15, -0.1) is 0 Å². The van der Waals surface area contributed by atoms with Crippen LogP contribution in [-0.4, -0.2) is 29.4 Å². The Hall–Kier alpha value is -3.80. The van der Waals surface area contributed by atoms with Crippen molar-refractivity contribution < 1.29 is 14.2 Å². The van der Waals surface area contributed by atoms with Crippen molar-refractivity contribution in [2.75, 3.05) is 13.7 Å². The molecule has 0 atom stereocenters. The van der Waals surface area contributed by atoms with Crippen LogP contribution in [0.15, 0.2) is 77.6 Å². The topological polar surface area (TPSA) is 62.6 Å². The molecule has 6 heteroatoms. The average molecular weight is 473 g/mol. The van der Waals surface area contributed by atoms with E-state index in [-0.39, 0.29) is 11.7 Å². The lowest BCUT2D eigenvalue weighted by Crippen LogP contribution is -2.23. The maximum Gasteiger partial charge on any atom is 0.261 e. The van der Waals surface area contributed by atoms with Crippen molar-refractivity contribution in [3.63, 3.8) is 0 Å². The van der Waals surface area contributed by atoms with Gasteiger partial charge in [0.25, 0.3) is 5.56 Å². The van der Waals surface area contributed by atoms with E-state index < -0.39 is 0 Å². The summed E-state index contributed by atoms with van der Waals surface area (Å²) < 4.78 is 18.9. The van der Waals surface area contributed by atoms with Crippen molar-refractivity contribution in [1.29, 1.82) is 0 Å². The van der Waals surface area contributed by atoms with Crippen LogP contribution in [0, 0.1) is 0 Å². The Morgan fingerprint density at radius 2 is 1.57 bits per heavy atom. The van der Waals surface area contributed by atoms with Crippen molar-refractivity contribution in [2.24, 2.45) is 0 Å². The standard InChI is InChI=1S/C29H32N2O4/c1-21(2)35-27-14-8-7-13-26(27)34-20-10-4-9-19-31-28(22-15-17-23(33-3)18-16-22)30-25-12-6-5-11-24(25)29(31)32/h5-8,11-18,21H,4,9-10,19-20H2,1-3H3. The maximum absolute atomic E-state index is 13.3. The quantitative estimate of drug-likeness (QED) is 0.247. The van der Waals surface area contributed by atoms with E-state index in [0.29, 0.717) is 29.9 Å². The van der Waals surface area contributed by atoms with Gasteiger partial charge in [-0.3, -0.25) is 9.36 Å². The summed E-state index contributed by atoms with van der Waals surface area (Å²) in [5, 5.41) is 0.634. The number of para-hydroxylation sites is 3. The fraction of sp³-hybridized carbons (Fsp3) is 0.310. The molecule has 0 radical (unpaired) electrons. The lowest BCUT2D eigenvalue weighted by Gasteiger charge is -2.15. The van der Waals surface area contributed by atoms with Gasteiger partial charge >= 0.3 is 0 Å². The summed E-state index contributed by atoms with van der Waals surface area (Å²) in [7, 11) is 1.64. The molecule has 182 valence electrons. The number of rotatable bonds is 11. The molecule has 4 aromatic rings. The van der Waals surface area contributed by atoms with Crippen LogP contribution >= 0.6 is 0 Å². The number of benzene rings is 3. The molecule has 0 spiro atoms. The van der Waals surface area contributed by atoms with Gasteiger partial charge in [0.1, 0.15) is 11.6 Å². The highest BCUT2D eigenvalue weighted by molar-refractivity contribution is 5.79. The Morgan fingerprint density at radius 1 is 0.857 bits per heavy atom. The molecule has 35 heavy (non-hydrogen) atoms. The van der Waals surface area contributed by atoms with Crippen LogP contribution in [0.1, 0.15) is 33.1 Å². The van der Waals surface area contributed by atoms with Gasteiger partial charge in [0, 0.05) is 12.1 Å². The molecule has 0 bridgehead atoms. The minimum atomic E-state index is -0.0163. The molecule has 0 saturated heterocycles. The summed E-state index contributed by atoms with van der Waals surface area (Å²) in [6.45, 7) is 5.18. The van der Waals surface area contributed by atoms with Crippen LogP contribution in [-0.2, 0) is 6.54 Å². The Morgan fingerprint density at radius 3 is 2.31 bits per heavy atom. The van der Waals surface area contributed by atoms with E-state index in [1.165, 1.54) is 0 Å². The van der Waals surface area contributed by atoms with Crippen molar-refractivity contribution in [3.8, 4) is 28.6 Å². The first-order chi connectivity index (χ1) is 17.1. The number of fused-ring (bicyclic) bond motifs is 1. The Balaban J connectivity index is 1.43. The van der Waals surface area contributed by atoms with Crippen LogP contribution < -0.4 is 19.8 Å². The lowest BCUT2D eigenvalue weighted by molar-refractivity contribution is 0.219. The number of ether oxygens (including phenoxy) is 3. The Labute approximate surface area is 206 Å². The second-order valence-electron chi connectivity index (χ2n) is 8.66. The van der Waals surface area contributed by atoms with Gasteiger partial charge in [-0.2, -0.15) is 0 Å². The SMILES string of the molecule is COc1ccc(-c2nc3ccccc3c(=O)n2CCCCCOc2ccccc2OC(C)C)cc1. The zero-order valence-electron chi connectivity index (χ0n) is 20.6. The van der Waals surface area contributed by atoms with E-state index in [1.54, 1.807) is 11.7 Å². The zero-order chi connectivity index (χ0) is 24.6. The minimum Gasteiger partial charge on any atom is -0.497 e. The van der Waals surface area contributed by atoms with E-state index in [2.05, 4.69) is 0 Å². The highest BCUT2D eigenvalue weighted by Gasteiger charge is 2.13. The number of unbranched alkanes of at least 4 members (excludes halogenated alkanes) is 2. The van der Waals surface area contributed by atoms with Gasteiger partial charge in [-0.1, -0.05) is 24.3 Å². The van der Waals surface area contributed by atoms with E-state index >= 15 is 0 Å². The molecule has 0 aliphatic carbocycles.